The Morgan fingerprint density at radius 2 is 1.25 bits per heavy atom. The van der Waals surface area contributed by atoms with Gasteiger partial charge in [0, 0.05) is 11.1 Å². The lowest BCUT2D eigenvalue weighted by molar-refractivity contribution is 0.0385. The summed E-state index contributed by atoms with van der Waals surface area (Å²) in [5.74, 6) is 1.06. The van der Waals surface area contributed by atoms with Crippen molar-refractivity contribution in [1.29, 1.82) is 0 Å². The Morgan fingerprint density at radius 3 is 1.88 bits per heavy atom. The predicted octanol–water partition coefficient (Wildman–Crippen LogP) is 12.2. The summed E-state index contributed by atoms with van der Waals surface area (Å²) in [5.41, 5.74) is 8.87. The van der Waals surface area contributed by atoms with Crippen LogP contribution in [-0.4, -0.2) is 0 Å². The van der Waals surface area contributed by atoms with Crippen molar-refractivity contribution >= 4 is 5.57 Å². The van der Waals surface area contributed by atoms with Gasteiger partial charge in [-0.25, -0.2) is 0 Å². The van der Waals surface area contributed by atoms with E-state index in [0.717, 1.165) is 18.6 Å². The number of fused-ring (bicyclic) bond motifs is 3. The Hall–Kier alpha value is -2.80. The van der Waals surface area contributed by atoms with Crippen LogP contribution >= 0.6 is 0 Å². The minimum Gasteiger partial charge on any atom is -0.482 e. The summed E-state index contributed by atoms with van der Waals surface area (Å²) in [6, 6.07) is 24.7. The molecule has 1 aliphatic rings. The first-order valence-corrected chi connectivity index (χ1v) is 16.3. The van der Waals surface area contributed by atoms with Crippen LogP contribution in [0.4, 0.5) is 0 Å². The lowest BCUT2D eigenvalue weighted by Gasteiger charge is -2.41. The van der Waals surface area contributed by atoms with Gasteiger partial charge in [-0.3, -0.25) is 0 Å². The summed E-state index contributed by atoms with van der Waals surface area (Å²) in [4.78, 5) is 0. The number of aryl methyl sites for hydroxylation is 1. The lowest BCUT2D eigenvalue weighted by atomic mass is 9.76. The molecule has 0 saturated heterocycles. The van der Waals surface area contributed by atoms with E-state index in [0.29, 0.717) is 0 Å². The molecule has 0 aromatic heterocycles. The molecule has 40 heavy (non-hydrogen) atoms. The molecule has 0 aliphatic carbocycles. The van der Waals surface area contributed by atoms with Crippen molar-refractivity contribution in [3.8, 4) is 16.9 Å². The molecular weight excluding hydrogens is 484 g/mol. The summed E-state index contributed by atoms with van der Waals surface area (Å²) in [7, 11) is 0. The van der Waals surface area contributed by atoms with Gasteiger partial charge in [-0.05, 0) is 67.9 Å². The third-order valence-electron chi connectivity index (χ3n) is 8.80. The van der Waals surface area contributed by atoms with Crippen molar-refractivity contribution in [2.24, 2.45) is 0 Å². The van der Waals surface area contributed by atoms with Gasteiger partial charge in [-0.1, -0.05) is 150 Å². The smallest absolute Gasteiger partial charge is 0.135 e. The summed E-state index contributed by atoms with van der Waals surface area (Å²) in [6.45, 7) is 8.97. The summed E-state index contributed by atoms with van der Waals surface area (Å²) >= 11 is 0. The number of allylic oxidation sites excluding steroid dienone is 1. The average molecular weight is 537 g/mol. The quantitative estimate of drug-likeness (QED) is 0.165. The van der Waals surface area contributed by atoms with Crippen molar-refractivity contribution in [2.75, 3.05) is 0 Å². The Morgan fingerprint density at radius 1 is 0.650 bits per heavy atom. The molecule has 4 rings (SSSR count). The number of rotatable bonds is 16. The number of hydrogen-bond acceptors (Lipinski definition) is 1. The third kappa shape index (κ3) is 7.48. The molecule has 0 saturated carbocycles. The third-order valence-corrected chi connectivity index (χ3v) is 8.80. The second-order valence-corrected chi connectivity index (χ2v) is 12.0. The molecule has 0 bridgehead atoms. The van der Waals surface area contributed by atoms with Crippen LogP contribution in [0, 0.1) is 6.92 Å². The van der Waals surface area contributed by atoms with E-state index in [9.17, 15) is 0 Å². The summed E-state index contributed by atoms with van der Waals surface area (Å²) < 4.78 is 7.30. The minimum absolute atomic E-state index is 0.245. The van der Waals surface area contributed by atoms with Crippen LogP contribution in [0.2, 0.25) is 0 Å². The number of benzene rings is 3. The zero-order valence-corrected chi connectivity index (χ0v) is 25.7. The molecule has 0 atom stereocenters. The number of ether oxygens (including phenoxy) is 1. The number of unbranched alkanes of at least 4 members (excludes halogenated alkanes) is 10. The van der Waals surface area contributed by atoms with Crippen molar-refractivity contribution in [2.45, 2.75) is 123 Å². The van der Waals surface area contributed by atoms with Gasteiger partial charge in [0.05, 0.1) is 0 Å². The van der Waals surface area contributed by atoms with Gasteiger partial charge >= 0.3 is 0 Å². The van der Waals surface area contributed by atoms with Crippen molar-refractivity contribution in [3.05, 3.63) is 95.1 Å². The fourth-order valence-electron chi connectivity index (χ4n) is 6.53. The van der Waals surface area contributed by atoms with Gasteiger partial charge in [0.2, 0.25) is 0 Å². The van der Waals surface area contributed by atoms with E-state index in [1.807, 2.05) is 0 Å². The normalized spacial score (nSPS) is 13.9. The molecule has 1 heterocycles. The van der Waals surface area contributed by atoms with Crippen LogP contribution in [0.25, 0.3) is 16.7 Å². The van der Waals surface area contributed by atoms with E-state index in [1.165, 1.54) is 116 Å². The highest BCUT2D eigenvalue weighted by Crippen LogP contribution is 2.50. The molecule has 3 aromatic carbocycles. The topological polar surface area (TPSA) is 9.23 Å². The van der Waals surface area contributed by atoms with Crippen LogP contribution in [-0.2, 0) is 5.60 Å². The van der Waals surface area contributed by atoms with Gasteiger partial charge in [0.25, 0.3) is 0 Å². The Kier molecular flexibility index (Phi) is 11.5. The van der Waals surface area contributed by atoms with Crippen molar-refractivity contribution in [1.82, 2.24) is 0 Å². The van der Waals surface area contributed by atoms with Crippen LogP contribution < -0.4 is 4.74 Å². The van der Waals surface area contributed by atoms with Gasteiger partial charge in [0.1, 0.15) is 11.4 Å². The van der Waals surface area contributed by atoms with Gasteiger partial charge in [-0.15, -0.1) is 0 Å². The molecule has 1 nitrogen and oxygen atoms in total. The molecular formula is C39H52O. The van der Waals surface area contributed by atoms with Crippen LogP contribution in [0.5, 0.6) is 5.75 Å². The van der Waals surface area contributed by atoms with E-state index in [-0.39, 0.29) is 5.60 Å². The fourth-order valence-corrected chi connectivity index (χ4v) is 6.53. The largest absolute Gasteiger partial charge is 0.482 e. The van der Waals surface area contributed by atoms with Crippen molar-refractivity contribution in [3.63, 3.8) is 0 Å². The molecule has 0 fully saturated rings. The lowest BCUT2D eigenvalue weighted by Crippen LogP contribution is -2.36. The molecule has 1 aliphatic heterocycles. The first-order valence-electron chi connectivity index (χ1n) is 16.3. The first kappa shape index (κ1) is 30.2. The molecule has 0 unspecified atom stereocenters. The van der Waals surface area contributed by atoms with Crippen LogP contribution in [0.1, 0.15) is 133 Å². The van der Waals surface area contributed by atoms with Gasteiger partial charge in [-0.2, -0.15) is 0 Å². The van der Waals surface area contributed by atoms with E-state index >= 15 is 0 Å². The fraction of sp³-hybridized carbons (Fsp3) is 0.487. The molecule has 0 spiro atoms. The van der Waals surface area contributed by atoms with Crippen LogP contribution in [0.15, 0.2) is 72.8 Å². The Labute approximate surface area is 245 Å². The standard InChI is InChI=1S/C39H52O/c1-5-8-10-12-14-19-27-39(28-20-15-13-11-9-6-2)37-29-31(4)23-25-35(37)36-26-24-33(30-38(36)40-39)34(7-3)32-21-17-16-18-22-32/h7,16-18,21-26,29-30H,5-6,8-15,19-20,27-28H2,1-4H3. The van der Waals surface area contributed by atoms with Gasteiger partial charge < -0.3 is 4.74 Å². The molecule has 214 valence electrons. The highest BCUT2D eigenvalue weighted by Gasteiger charge is 2.40. The maximum Gasteiger partial charge on any atom is 0.135 e. The zero-order valence-electron chi connectivity index (χ0n) is 25.7. The second kappa shape index (κ2) is 15.3. The Bertz CT molecular complexity index is 1200. The molecule has 0 N–H and O–H groups in total. The SMILES string of the molecule is CC=C(c1ccccc1)c1ccc2c(c1)OC(CCCCCCCC)(CCCCCCCC)c1cc(C)ccc1-2. The minimum atomic E-state index is -0.245. The van der Waals surface area contributed by atoms with E-state index < -0.39 is 0 Å². The Balaban J connectivity index is 1.67. The van der Waals surface area contributed by atoms with E-state index in [2.05, 4.69) is 101 Å². The highest BCUT2D eigenvalue weighted by atomic mass is 16.5. The molecule has 1 heteroatoms. The monoisotopic (exact) mass is 536 g/mol. The highest BCUT2D eigenvalue weighted by molar-refractivity contribution is 5.84. The summed E-state index contributed by atoms with van der Waals surface area (Å²) in [5, 5.41) is 0. The maximum atomic E-state index is 7.30. The van der Waals surface area contributed by atoms with E-state index in [1.54, 1.807) is 0 Å². The van der Waals surface area contributed by atoms with Crippen LogP contribution in [0.3, 0.4) is 0 Å². The number of hydrogen-bond donors (Lipinski definition) is 0. The molecule has 0 amide bonds. The molecule has 3 aromatic rings. The first-order chi connectivity index (χ1) is 19.6. The maximum absolute atomic E-state index is 7.30. The zero-order chi connectivity index (χ0) is 28.2. The second-order valence-electron chi connectivity index (χ2n) is 12.0. The predicted molar refractivity (Wildman–Crippen MR) is 174 cm³/mol. The average Bonchev–Trinajstić information content (AvgIpc) is 2.98. The molecule has 0 radical (unpaired) electrons. The summed E-state index contributed by atoms with van der Waals surface area (Å²) in [6.07, 6.45) is 20.2. The van der Waals surface area contributed by atoms with Gasteiger partial charge in [0.15, 0.2) is 0 Å². The van der Waals surface area contributed by atoms with Crippen molar-refractivity contribution < 1.29 is 4.74 Å². The van der Waals surface area contributed by atoms with E-state index in [4.69, 9.17) is 4.74 Å².